The highest BCUT2D eigenvalue weighted by Crippen LogP contribution is 2.20. The number of nitrogens with one attached hydrogen (secondary N) is 2. The lowest BCUT2D eigenvalue weighted by atomic mass is 9.87. The number of imidazole rings is 1. The second kappa shape index (κ2) is 8.17. The van der Waals surface area contributed by atoms with Crippen LogP contribution in [0.1, 0.15) is 20.8 Å². The Hall–Kier alpha value is -1.56. The number of aromatic nitrogens is 2. The molecule has 0 radical (unpaired) electrons. The molecule has 5 nitrogen and oxygen atoms in total. The summed E-state index contributed by atoms with van der Waals surface area (Å²) in [6, 6.07) is 6.93. The molecule has 122 valence electrons. The van der Waals surface area contributed by atoms with Crippen molar-refractivity contribution in [2.45, 2.75) is 26.8 Å². The summed E-state index contributed by atoms with van der Waals surface area (Å²) in [6.07, 6.45) is 3.47. The average Bonchev–Trinajstić information content (AvgIpc) is 2.91. The number of hydrogen-bond donors (Lipinski definition) is 3. The summed E-state index contributed by atoms with van der Waals surface area (Å²) in [4.78, 5) is 19.2. The molecule has 1 atom stereocenters. The molecule has 1 amide bonds. The molecule has 0 fully saturated rings. The summed E-state index contributed by atoms with van der Waals surface area (Å²) in [5.74, 6) is 0.623. The predicted molar refractivity (Wildman–Crippen MR) is 94.6 cm³/mol. The SMILES string of the molecule is CC(C)(C)[C@H](N)C(=O)Nc1ccc(-c2ncc[nH]2)cc1.Cl.Cl. The molecule has 1 aromatic heterocycles. The number of anilines is 1. The Balaban J connectivity index is 0.00000220. The lowest BCUT2D eigenvalue weighted by molar-refractivity contribution is -0.119. The van der Waals surface area contributed by atoms with Gasteiger partial charge in [-0.05, 0) is 29.7 Å². The molecule has 1 heterocycles. The van der Waals surface area contributed by atoms with E-state index in [1.807, 2.05) is 45.0 Å². The first-order valence-corrected chi connectivity index (χ1v) is 6.54. The number of hydrogen-bond acceptors (Lipinski definition) is 3. The van der Waals surface area contributed by atoms with Crippen molar-refractivity contribution in [3.8, 4) is 11.4 Å². The Labute approximate surface area is 142 Å². The van der Waals surface area contributed by atoms with Crippen molar-refractivity contribution >= 4 is 36.4 Å². The van der Waals surface area contributed by atoms with Crippen molar-refractivity contribution in [1.82, 2.24) is 9.97 Å². The molecule has 0 saturated heterocycles. The molecule has 0 bridgehead atoms. The minimum atomic E-state index is -0.549. The molecule has 2 rings (SSSR count). The van der Waals surface area contributed by atoms with Gasteiger partial charge in [-0.1, -0.05) is 20.8 Å². The molecular formula is C15H22Cl2N4O. The van der Waals surface area contributed by atoms with E-state index in [1.165, 1.54) is 0 Å². The summed E-state index contributed by atoms with van der Waals surface area (Å²) in [5, 5.41) is 2.83. The fourth-order valence-electron chi connectivity index (χ4n) is 1.75. The van der Waals surface area contributed by atoms with Crippen LogP contribution in [0.5, 0.6) is 0 Å². The Morgan fingerprint density at radius 2 is 1.82 bits per heavy atom. The van der Waals surface area contributed by atoms with Crippen LogP contribution >= 0.6 is 24.8 Å². The molecular weight excluding hydrogens is 323 g/mol. The van der Waals surface area contributed by atoms with E-state index in [4.69, 9.17) is 5.73 Å². The molecule has 4 N–H and O–H groups in total. The lowest BCUT2D eigenvalue weighted by Crippen LogP contribution is -2.45. The Kier molecular flexibility index (Phi) is 7.59. The molecule has 1 aromatic carbocycles. The zero-order chi connectivity index (χ0) is 14.8. The van der Waals surface area contributed by atoms with Crippen LogP contribution in [0.3, 0.4) is 0 Å². The molecule has 22 heavy (non-hydrogen) atoms. The third-order valence-corrected chi connectivity index (χ3v) is 3.14. The molecule has 0 aliphatic heterocycles. The normalized spacial score (nSPS) is 11.8. The van der Waals surface area contributed by atoms with E-state index < -0.39 is 6.04 Å². The van der Waals surface area contributed by atoms with Gasteiger partial charge in [-0.2, -0.15) is 0 Å². The number of carbonyl (C=O) groups is 1. The van der Waals surface area contributed by atoms with E-state index in [2.05, 4.69) is 15.3 Å². The summed E-state index contributed by atoms with van der Waals surface area (Å²) in [6.45, 7) is 5.83. The summed E-state index contributed by atoms with van der Waals surface area (Å²) >= 11 is 0. The van der Waals surface area contributed by atoms with Gasteiger partial charge in [0.2, 0.25) is 5.91 Å². The third kappa shape index (κ3) is 5.02. The summed E-state index contributed by atoms with van der Waals surface area (Å²) in [5.41, 5.74) is 7.35. The van der Waals surface area contributed by atoms with Gasteiger partial charge in [0.1, 0.15) is 5.82 Å². The van der Waals surface area contributed by atoms with Crippen LogP contribution in [0.15, 0.2) is 36.7 Å². The van der Waals surface area contributed by atoms with Crippen LogP contribution < -0.4 is 11.1 Å². The maximum atomic E-state index is 12.0. The number of amides is 1. The van der Waals surface area contributed by atoms with Gasteiger partial charge in [-0.15, -0.1) is 24.8 Å². The number of rotatable bonds is 3. The fourth-order valence-corrected chi connectivity index (χ4v) is 1.75. The maximum absolute atomic E-state index is 12.0. The van der Waals surface area contributed by atoms with Gasteiger partial charge in [-0.3, -0.25) is 4.79 Å². The highest BCUT2D eigenvalue weighted by Gasteiger charge is 2.27. The van der Waals surface area contributed by atoms with E-state index in [1.54, 1.807) is 12.4 Å². The molecule has 0 aliphatic carbocycles. The zero-order valence-corrected chi connectivity index (χ0v) is 14.4. The van der Waals surface area contributed by atoms with Gasteiger partial charge in [0.15, 0.2) is 0 Å². The van der Waals surface area contributed by atoms with Gasteiger partial charge < -0.3 is 16.0 Å². The number of nitrogens with two attached hydrogens (primary N) is 1. The predicted octanol–water partition coefficient (Wildman–Crippen LogP) is 3.23. The second-order valence-electron chi connectivity index (χ2n) is 5.85. The van der Waals surface area contributed by atoms with Crippen molar-refractivity contribution < 1.29 is 4.79 Å². The molecule has 0 saturated carbocycles. The van der Waals surface area contributed by atoms with Crippen molar-refractivity contribution in [3.05, 3.63) is 36.7 Å². The molecule has 0 aliphatic rings. The third-order valence-electron chi connectivity index (χ3n) is 3.14. The molecule has 7 heteroatoms. The van der Waals surface area contributed by atoms with Crippen molar-refractivity contribution in [2.75, 3.05) is 5.32 Å². The van der Waals surface area contributed by atoms with Crippen LogP contribution in [-0.4, -0.2) is 21.9 Å². The van der Waals surface area contributed by atoms with Crippen LogP contribution in [0.25, 0.3) is 11.4 Å². The minimum Gasteiger partial charge on any atom is -0.345 e. The Bertz CT molecular complexity index is 577. The van der Waals surface area contributed by atoms with Crippen molar-refractivity contribution in [1.29, 1.82) is 0 Å². The monoisotopic (exact) mass is 344 g/mol. The maximum Gasteiger partial charge on any atom is 0.241 e. The Morgan fingerprint density at radius 1 is 1.23 bits per heavy atom. The van der Waals surface area contributed by atoms with Crippen LogP contribution in [-0.2, 0) is 4.79 Å². The Morgan fingerprint density at radius 3 is 2.27 bits per heavy atom. The van der Waals surface area contributed by atoms with Crippen LogP contribution in [0.2, 0.25) is 0 Å². The highest BCUT2D eigenvalue weighted by atomic mass is 35.5. The second-order valence-corrected chi connectivity index (χ2v) is 5.85. The minimum absolute atomic E-state index is 0. The number of benzene rings is 1. The van der Waals surface area contributed by atoms with E-state index in [0.717, 1.165) is 17.1 Å². The van der Waals surface area contributed by atoms with Gasteiger partial charge in [0.05, 0.1) is 6.04 Å². The number of aromatic amines is 1. The van der Waals surface area contributed by atoms with Crippen molar-refractivity contribution in [2.24, 2.45) is 11.1 Å². The zero-order valence-electron chi connectivity index (χ0n) is 12.8. The van der Waals surface area contributed by atoms with E-state index in [9.17, 15) is 4.79 Å². The lowest BCUT2D eigenvalue weighted by Gasteiger charge is -2.25. The number of carbonyl (C=O) groups excluding carboxylic acids is 1. The number of halogens is 2. The summed E-state index contributed by atoms with van der Waals surface area (Å²) < 4.78 is 0. The molecule has 0 spiro atoms. The highest BCUT2D eigenvalue weighted by molar-refractivity contribution is 5.95. The van der Waals surface area contributed by atoms with E-state index in [-0.39, 0.29) is 36.1 Å². The van der Waals surface area contributed by atoms with E-state index in [0.29, 0.717) is 0 Å². The van der Waals surface area contributed by atoms with E-state index >= 15 is 0 Å². The average molecular weight is 345 g/mol. The number of nitrogens with zero attached hydrogens (tertiary/aromatic N) is 1. The first-order valence-electron chi connectivity index (χ1n) is 6.54. The topological polar surface area (TPSA) is 83.8 Å². The molecule has 0 unspecified atom stereocenters. The molecule has 2 aromatic rings. The van der Waals surface area contributed by atoms with Gasteiger partial charge in [0, 0.05) is 23.6 Å². The van der Waals surface area contributed by atoms with Gasteiger partial charge in [0.25, 0.3) is 0 Å². The van der Waals surface area contributed by atoms with Crippen LogP contribution in [0.4, 0.5) is 5.69 Å². The largest absolute Gasteiger partial charge is 0.345 e. The van der Waals surface area contributed by atoms with Crippen molar-refractivity contribution in [3.63, 3.8) is 0 Å². The quantitative estimate of drug-likeness (QED) is 0.799. The van der Waals surface area contributed by atoms with Gasteiger partial charge >= 0.3 is 0 Å². The van der Waals surface area contributed by atoms with Gasteiger partial charge in [-0.25, -0.2) is 4.98 Å². The first-order chi connectivity index (χ1) is 9.38. The number of H-pyrrole nitrogens is 1. The standard InChI is InChI=1S/C15H20N4O.2ClH/c1-15(2,3)12(16)14(20)19-11-6-4-10(5-7-11)13-17-8-9-18-13;;/h4-9,12H,16H2,1-3H3,(H,17,18)(H,19,20);2*1H/t12-;;/m1../s1. The summed E-state index contributed by atoms with van der Waals surface area (Å²) in [7, 11) is 0. The smallest absolute Gasteiger partial charge is 0.241 e. The van der Waals surface area contributed by atoms with Crippen LogP contribution in [0, 0.1) is 5.41 Å². The fraction of sp³-hybridized carbons (Fsp3) is 0.333. The first kappa shape index (κ1) is 20.4.